The van der Waals surface area contributed by atoms with Gasteiger partial charge in [0, 0.05) is 13.1 Å². The van der Waals surface area contributed by atoms with Crippen LogP contribution in [0, 0.1) is 0 Å². The SMILES string of the molecule is O=C(NCCc1ccccc1)C(=O)NCc1ccccc1. The molecule has 21 heavy (non-hydrogen) atoms. The molecule has 2 aromatic rings. The van der Waals surface area contributed by atoms with Gasteiger partial charge in [0.15, 0.2) is 0 Å². The molecule has 0 unspecified atom stereocenters. The quantitative estimate of drug-likeness (QED) is 0.819. The highest BCUT2D eigenvalue weighted by Crippen LogP contribution is 1.98. The van der Waals surface area contributed by atoms with Crippen LogP contribution in [0.1, 0.15) is 11.1 Å². The lowest BCUT2D eigenvalue weighted by Gasteiger charge is -2.06. The van der Waals surface area contributed by atoms with Crippen LogP contribution >= 0.6 is 0 Å². The highest BCUT2D eigenvalue weighted by molar-refractivity contribution is 6.35. The predicted molar refractivity (Wildman–Crippen MR) is 81.4 cm³/mol. The van der Waals surface area contributed by atoms with Gasteiger partial charge in [-0.2, -0.15) is 0 Å². The van der Waals surface area contributed by atoms with E-state index >= 15 is 0 Å². The fraction of sp³-hybridized carbons (Fsp3) is 0.176. The van der Waals surface area contributed by atoms with Crippen LogP contribution in [0.15, 0.2) is 60.7 Å². The molecule has 0 aliphatic carbocycles. The molecular formula is C17H18N2O2. The lowest BCUT2D eigenvalue weighted by Crippen LogP contribution is -2.40. The standard InChI is InChI=1S/C17H18N2O2/c20-16(18-12-11-14-7-3-1-4-8-14)17(21)19-13-15-9-5-2-6-10-15/h1-10H,11-13H2,(H,18,20)(H,19,21). The molecule has 0 aromatic heterocycles. The summed E-state index contributed by atoms with van der Waals surface area (Å²) in [6.45, 7) is 0.799. The summed E-state index contributed by atoms with van der Waals surface area (Å²) >= 11 is 0. The Morgan fingerprint density at radius 2 is 1.24 bits per heavy atom. The number of amides is 2. The smallest absolute Gasteiger partial charge is 0.309 e. The predicted octanol–water partition coefficient (Wildman–Crippen LogP) is 1.66. The van der Waals surface area contributed by atoms with Gasteiger partial charge in [-0.25, -0.2) is 0 Å². The molecule has 2 amide bonds. The molecule has 2 aromatic carbocycles. The zero-order valence-electron chi connectivity index (χ0n) is 11.7. The second-order valence-corrected chi connectivity index (χ2v) is 4.66. The third kappa shape index (κ3) is 5.10. The first-order valence-corrected chi connectivity index (χ1v) is 6.89. The van der Waals surface area contributed by atoms with Gasteiger partial charge in [0.05, 0.1) is 0 Å². The van der Waals surface area contributed by atoms with Crippen molar-refractivity contribution in [2.75, 3.05) is 6.54 Å². The lowest BCUT2D eigenvalue weighted by atomic mass is 10.1. The minimum absolute atomic E-state index is 0.353. The summed E-state index contributed by atoms with van der Waals surface area (Å²) < 4.78 is 0. The number of carbonyl (C=O) groups is 2. The first-order valence-electron chi connectivity index (χ1n) is 6.89. The molecule has 0 fully saturated rings. The van der Waals surface area contributed by atoms with Crippen LogP contribution in [-0.2, 0) is 22.6 Å². The summed E-state index contributed by atoms with van der Waals surface area (Å²) in [5.41, 5.74) is 2.09. The Hall–Kier alpha value is -2.62. The van der Waals surface area contributed by atoms with E-state index in [9.17, 15) is 9.59 Å². The highest BCUT2D eigenvalue weighted by atomic mass is 16.2. The summed E-state index contributed by atoms with van der Waals surface area (Å²) in [7, 11) is 0. The van der Waals surface area contributed by atoms with E-state index in [-0.39, 0.29) is 0 Å². The summed E-state index contributed by atoms with van der Waals surface area (Å²) in [6.07, 6.45) is 0.707. The molecule has 0 aliphatic rings. The van der Waals surface area contributed by atoms with E-state index in [1.165, 1.54) is 0 Å². The van der Waals surface area contributed by atoms with Crippen molar-refractivity contribution < 1.29 is 9.59 Å². The maximum atomic E-state index is 11.6. The molecule has 4 heteroatoms. The fourth-order valence-electron chi connectivity index (χ4n) is 1.90. The monoisotopic (exact) mass is 282 g/mol. The van der Waals surface area contributed by atoms with Crippen LogP contribution in [0.3, 0.4) is 0 Å². The minimum Gasteiger partial charge on any atom is -0.348 e. The van der Waals surface area contributed by atoms with Crippen molar-refractivity contribution in [2.24, 2.45) is 0 Å². The van der Waals surface area contributed by atoms with Crippen LogP contribution in [0.2, 0.25) is 0 Å². The van der Waals surface area contributed by atoms with Gasteiger partial charge < -0.3 is 10.6 Å². The van der Waals surface area contributed by atoms with Crippen LogP contribution < -0.4 is 10.6 Å². The molecule has 2 rings (SSSR count). The number of rotatable bonds is 5. The van der Waals surface area contributed by atoms with E-state index in [0.717, 1.165) is 11.1 Å². The molecule has 2 N–H and O–H groups in total. The van der Waals surface area contributed by atoms with E-state index in [2.05, 4.69) is 10.6 Å². The maximum absolute atomic E-state index is 11.6. The average molecular weight is 282 g/mol. The zero-order valence-corrected chi connectivity index (χ0v) is 11.7. The molecule has 0 aliphatic heterocycles. The normalized spacial score (nSPS) is 9.90. The van der Waals surface area contributed by atoms with Crippen molar-refractivity contribution >= 4 is 11.8 Å². The Kier molecular flexibility index (Phi) is 5.52. The number of nitrogens with one attached hydrogen (secondary N) is 2. The van der Waals surface area contributed by atoms with Crippen molar-refractivity contribution in [2.45, 2.75) is 13.0 Å². The topological polar surface area (TPSA) is 58.2 Å². The Labute approximate surface area is 124 Å². The second-order valence-electron chi connectivity index (χ2n) is 4.66. The fourth-order valence-corrected chi connectivity index (χ4v) is 1.90. The first kappa shape index (κ1) is 14.8. The van der Waals surface area contributed by atoms with E-state index < -0.39 is 11.8 Å². The Balaban J connectivity index is 1.69. The van der Waals surface area contributed by atoms with Crippen molar-refractivity contribution in [3.05, 3.63) is 71.8 Å². The van der Waals surface area contributed by atoms with Crippen LogP contribution in [-0.4, -0.2) is 18.4 Å². The molecule has 0 atom stereocenters. The third-order valence-electron chi connectivity index (χ3n) is 3.04. The molecular weight excluding hydrogens is 264 g/mol. The van der Waals surface area contributed by atoms with Gasteiger partial charge in [0.1, 0.15) is 0 Å². The van der Waals surface area contributed by atoms with Crippen LogP contribution in [0.4, 0.5) is 0 Å². The summed E-state index contributed by atoms with van der Waals surface area (Å²) in [5, 5.41) is 5.21. The number of benzene rings is 2. The Morgan fingerprint density at radius 3 is 1.86 bits per heavy atom. The second kappa shape index (κ2) is 7.85. The van der Waals surface area contributed by atoms with Crippen molar-refractivity contribution in [3.8, 4) is 0 Å². The van der Waals surface area contributed by atoms with Crippen molar-refractivity contribution in [1.29, 1.82) is 0 Å². The number of carbonyl (C=O) groups excluding carboxylic acids is 2. The van der Waals surface area contributed by atoms with Crippen LogP contribution in [0.25, 0.3) is 0 Å². The first-order chi connectivity index (χ1) is 10.3. The Morgan fingerprint density at radius 1 is 0.714 bits per heavy atom. The minimum atomic E-state index is -0.605. The molecule has 0 radical (unpaired) electrons. The van der Waals surface area contributed by atoms with Gasteiger partial charge in [0.25, 0.3) is 0 Å². The van der Waals surface area contributed by atoms with E-state index in [4.69, 9.17) is 0 Å². The Bertz CT molecular complexity index is 582. The summed E-state index contributed by atoms with van der Waals surface area (Å²) in [4.78, 5) is 23.3. The van der Waals surface area contributed by atoms with Gasteiger partial charge in [-0.15, -0.1) is 0 Å². The van der Waals surface area contributed by atoms with Crippen molar-refractivity contribution in [3.63, 3.8) is 0 Å². The molecule has 4 nitrogen and oxygen atoms in total. The molecule has 0 heterocycles. The van der Waals surface area contributed by atoms with E-state index in [0.29, 0.717) is 19.5 Å². The zero-order chi connectivity index (χ0) is 14.9. The summed E-state index contributed by atoms with van der Waals surface area (Å²) in [5.74, 6) is -1.20. The molecule has 0 bridgehead atoms. The molecule has 0 spiro atoms. The van der Waals surface area contributed by atoms with Gasteiger partial charge in [0.2, 0.25) is 0 Å². The van der Waals surface area contributed by atoms with Gasteiger partial charge in [-0.1, -0.05) is 60.7 Å². The van der Waals surface area contributed by atoms with Crippen molar-refractivity contribution in [1.82, 2.24) is 10.6 Å². The summed E-state index contributed by atoms with van der Waals surface area (Å²) in [6, 6.07) is 19.3. The van der Waals surface area contributed by atoms with Crippen LogP contribution in [0.5, 0.6) is 0 Å². The van der Waals surface area contributed by atoms with E-state index in [1.54, 1.807) is 0 Å². The lowest BCUT2D eigenvalue weighted by molar-refractivity contribution is -0.139. The van der Waals surface area contributed by atoms with Gasteiger partial charge in [-0.05, 0) is 17.5 Å². The average Bonchev–Trinajstić information content (AvgIpc) is 2.54. The highest BCUT2D eigenvalue weighted by Gasteiger charge is 2.11. The number of hydrogen-bond acceptors (Lipinski definition) is 2. The largest absolute Gasteiger partial charge is 0.348 e. The molecule has 0 saturated carbocycles. The number of hydrogen-bond donors (Lipinski definition) is 2. The maximum Gasteiger partial charge on any atom is 0.309 e. The molecule has 0 saturated heterocycles. The van der Waals surface area contributed by atoms with Gasteiger partial charge >= 0.3 is 11.8 Å². The van der Waals surface area contributed by atoms with E-state index in [1.807, 2.05) is 60.7 Å². The molecule has 108 valence electrons. The van der Waals surface area contributed by atoms with Gasteiger partial charge in [-0.3, -0.25) is 9.59 Å². The third-order valence-corrected chi connectivity index (χ3v) is 3.04.